The van der Waals surface area contributed by atoms with Gasteiger partial charge in [0.2, 0.25) is 11.0 Å². The number of amides is 1. The van der Waals surface area contributed by atoms with Crippen molar-refractivity contribution in [3.63, 3.8) is 0 Å². The van der Waals surface area contributed by atoms with Gasteiger partial charge in [-0.25, -0.2) is 0 Å². The highest BCUT2D eigenvalue weighted by Gasteiger charge is 2.25. The van der Waals surface area contributed by atoms with Gasteiger partial charge in [0.25, 0.3) is 14.4 Å². The Kier molecular flexibility index (Phi) is 4.95. The van der Waals surface area contributed by atoms with Crippen LogP contribution in [0.2, 0.25) is 0 Å². The molecule has 0 bridgehead atoms. The van der Waals surface area contributed by atoms with E-state index in [-0.39, 0.29) is 15.4 Å². The third kappa shape index (κ3) is 4.30. The molecular formula is C15H20N4O3S2. The second kappa shape index (κ2) is 6.48. The SMILES string of the molecule is Cc1ccc(NS(=O)(=O)c2nnc(NC(=O)C(C)(C)C)s2)cc1C. The van der Waals surface area contributed by atoms with Gasteiger partial charge in [-0.05, 0) is 37.1 Å². The third-order valence-corrected chi connectivity index (χ3v) is 5.88. The van der Waals surface area contributed by atoms with Gasteiger partial charge in [-0.3, -0.25) is 9.52 Å². The van der Waals surface area contributed by atoms with Crippen LogP contribution in [0.25, 0.3) is 0 Å². The summed E-state index contributed by atoms with van der Waals surface area (Å²) in [6.07, 6.45) is 0. The third-order valence-electron chi connectivity index (χ3n) is 3.30. The summed E-state index contributed by atoms with van der Waals surface area (Å²) >= 11 is 0.806. The summed E-state index contributed by atoms with van der Waals surface area (Å²) in [5, 5.41) is 10.1. The number of rotatable bonds is 4. The second-order valence-electron chi connectivity index (χ2n) is 6.48. The topological polar surface area (TPSA) is 101 Å². The van der Waals surface area contributed by atoms with Gasteiger partial charge >= 0.3 is 0 Å². The van der Waals surface area contributed by atoms with E-state index in [2.05, 4.69) is 20.2 Å². The maximum Gasteiger partial charge on any atom is 0.291 e. The van der Waals surface area contributed by atoms with Crippen molar-refractivity contribution < 1.29 is 13.2 Å². The van der Waals surface area contributed by atoms with Gasteiger partial charge < -0.3 is 5.32 Å². The van der Waals surface area contributed by atoms with Crippen molar-refractivity contribution in [2.24, 2.45) is 5.41 Å². The van der Waals surface area contributed by atoms with E-state index in [9.17, 15) is 13.2 Å². The molecule has 0 aliphatic rings. The lowest BCUT2D eigenvalue weighted by molar-refractivity contribution is -0.123. The van der Waals surface area contributed by atoms with Crippen molar-refractivity contribution in [3.8, 4) is 0 Å². The number of benzene rings is 1. The molecule has 7 nitrogen and oxygen atoms in total. The molecule has 1 aromatic heterocycles. The van der Waals surface area contributed by atoms with Crippen molar-refractivity contribution in [2.75, 3.05) is 10.0 Å². The lowest BCUT2D eigenvalue weighted by Crippen LogP contribution is -2.27. The molecule has 24 heavy (non-hydrogen) atoms. The smallest absolute Gasteiger partial charge is 0.291 e. The Labute approximate surface area is 145 Å². The van der Waals surface area contributed by atoms with E-state index in [1.807, 2.05) is 19.9 Å². The van der Waals surface area contributed by atoms with Gasteiger partial charge in [0.1, 0.15) is 0 Å². The highest BCUT2D eigenvalue weighted by molar-refractivity contribution is 7.94. The molecule has 0 atom stereocenters. The fourth-order valence-corrected chi connectivity index (χ4v) is 3.60. The molecule has 0 unspecified atom stereocenters. The Morgan fingerprint density at radius 3 is 2.38 bits per heavy atom. The summed E-state index contributed by atoms with van der Waals surface area (Å²) in [5.74, 6) is -0.260. The number of anilines is 2. The fourth-order valence-electron chi connectivity index (χ4n) is 1.66. The first-order valence-corrected chi connectivity index (χ1v) is 9.54. The van der Waals surface area contributed by atoms with Crippen molar-refractivity contribution in [2.45, 2.75) is 39.0 Å². The molecule has 2 aromatic rings. The number of nitrogens with one attached hydrogen (secondary N) is 2. The first-order valence-electron chi connectivity index (χ1n) is 7.24. The molecule has 1 amide bonds. The molecule has 0 fully saturated rings. The number of sulfonamides is 1. The predicted molar refractivity (Wildman–Crippen MR) is 94.7 cm³/mol. The zero-order valence-corrected chi connectivity index (χ0v) is 15.8. The Bertz CT molecular complexity index is 867. The van der Waals surface area contributed by atoms with Gasteiger partial charge in [-0.2, -0.15) is 8.42 Å². The zero-order valence-electron chi connectivity index (χ0n) is 14.2. The van der Waals surface area contributed by atoms with Gasteiger partial charge in [-0.1, -0.05) is 38.2 Å². The monoisotopic (exact) mass is 368 g/mol. The quantitative estimate of drug-likeness (QED) is 0.808. The maximum atomic E-state index is 12.4. The fraction of sp³-hybridized carbons (Fsp3) is 0.400. The molecule has 2 rings (SSSR count). The van der Waals surface area contributed by atoms with Crippen molar-refractivity contribution in [1.29, 1.82) is 0 Å². The highest BCUT2D eigenvalue weighted by Crippen LogP contribution is 2.25. The Balaban J connectivity index is 2.18. The van der Waals surface area contributed by atoms with Crippen LogP contribution in [0.4, 0.5) is 10.8 Å². The van der Waals surface area contributed by atoms with Crippen LogP contribution in [0.15, 0.2) is 22.5 Å². The van der Waals surface area contributed by atoms with Crippen molar-refractivity contribution >= 4 is 38.1 Å². The summed E-state index contributed by atoms with van der Waals surface area (Å²) in [7, 11) is -3.85. The molecule has 1 heterocycles. The first kappa shape index (κ1) is 18.3. The number of carbonyl (C=O) groups is 1. The number of carbonyl (C=O) groups excluding carboxylic acids is 1. The molecular weight excluding hydrogens is 348 g/mol. The molecule has 0 saturated carbocycles. The average molecular weight is 368 g/mol. The Morgan fingerprint density at radius 1 is 1.12 bits per heavy atom. The highest BCUT2D eigenvalue weighted by atomic mass is 32.2. The predicted octanol–water partition coefficient (Wildman–Crippen LogP) is 2.94. The van der Waals surface area contributed by atoms with Crippen LogP contribution >= 0.6 is 11.3 Å². The molecule has 130 valence electrons. The maximum absolute atomic E-state index is 12.4. The Morgan fingerprint density at radius 2 is 1.79 bits per heavy atom. The van der Waals surface area contributed by atoms with Crippen molar-refractivity contribution in [3.05, 3.63) is 29.3 Å². The molecule has 0 radical (unpaired) electrons. The van der Waals surface area contributed by atoms with Crippen LogP contribution in [0.5, 0.6) is 0 Å². The van der Waals surface area contributed by atoms with Gasteiger partial charge in [0.15, 0.2) is 0 Å². The lowest BCUT2D eigenvalue weighted by atomic mass is 9.96. The van der Waals surface area contributed by atoms with Gasteiger partial charge in [-0.15, -0.1) is 10.2 Å². The van der Waals surface area contributed by atoms with Crippen LogP contribution in [0.1, 0.15) is 31.9 Å². The second-order valence-corrected chi connectivity index (χ2v) is 9.32. The average Bonchev–Trinajstić information content (AvgIpc) is 2.91. The minimum absolute atomic E-state index is 0.149. The van der Waals surface area contributed by atoms with E-state index < -0.39 is 15.4 Å². The number of hydrogen-bond donors (Lipinski definition) is 2. The molecule has 1 aromatic carbocycles. The van der Waals surface area contributed by atoms with Crippen LogP contribution < -0.4 is 10.0 Å². The number of aryl methyl sites for hydroxylation is 2. The van der Waals surface area contributed by atoms with Crippen LogP contribution in [0, 0.1) is 19.3 Å². The minimum atomic E-state index is -3.85. The molecule has 9 heteroatoms. The summed E-state index contributed by atoms with van der Waals surface area (Å²) in [6, 6.07) is 5.27. The van der Waals surface area contributed by atoms with Gasteiger partial charge in [0.05, 0.1) is 0 Å². The van der Waals surface area contributed by atoms with Crippen LogP contribution in [-0.4, -0.2) is 24.5 Å². The zero-order chi connectivity index (χ0) is 18.1. The van der Waals surface area contributed by atoms with E-state index >= 15 is 0 Å². The summed E-state index contributed by atoms with van der Waals surface area (Å²) in [5.41, 5.74) is 1.89. The van der Waals surface area contributed by atoms with Gasteiger partial charge in [0, 0.05) is 11.1 Å². The van der Waals surface area contributed by atoms with Crippen molar-refractivity contribution in [1.82, 2.24) is 10.2 Å². The first-order chi connectivity index (χ1) is 11.0. The standard InChI is InChI=1S/C15H20N4O3S2/c1-9-6-7-11(8-10(9)2)19-24(21,22)14-18-17-13(23-14)16-12(20)15(3,4)5/h6-8,19H,1-5H3,(H,16,17,20). The Hall–Kier alpha value is -2.00. The molecule has 0 aliphatic carbocycles. The van der Waals surface area contributed by atoms with E-state index in [4.69, 9.17) is 0 Å². The summed E-state index contributed by atoms with van der Waals surface area (Å²) in [6.45, 7) is 9.10. The van der Waals surface area contributed by atoms with E-state index in [1.165, 1.54) is 0 Å². The number of nitrogens with zero attached hydrogens (tertiary/aromatic N) is 2. The normalized spacial score (nSPS) is 12.0. The van der Waals surface area contributed by atoms with Crippen LogP contribution in [-0.2, 0) is 14.8 Å². The molecule has 0 aliphatic heterocycles. The molecule has 2 N–H and O–H groups in total. The summed E-state index contributed by atoms with van der Waals surface area (Å²) < 4.78 is 27.0. The van der Waals surface area contributed by atoms with Crippen LogP contribution in [0.3, 0.4) is 0 Å². The minimum Gasteiger partial charge on any atom is -0.300 e. The lowest BCUT2D eigenvalue weighted by Gasteiger charge is -2.15. The number of hydrogen-bond acceptors (Lipinski definition) is 6. The number of aromatic nitrogens is 2. The van der Waals surface area contributed by atoms with E-state index in [0.717, 1.165) is 22.5 Å². The van der Waals surface area contributed by atoms with E-state index in [0.29, 0.717) is 5.69 Å². The summed E-state index contributed by atoms with van der Waals surface area (Å²) in [4.78, 5) is 11.9. The van der Waals surface area contributed by atoms with E-state index in [1.54, 1.807) is 32.9 Å². The largest absolute Gasteiger partial charge is 0.300 e. The molecule has 0 saturated heterocycles. The molecule has 0 spiro atoms.